The van der Waals surface area contributed by atoms with E-state index in [1.54, 1.807) is 4.31 Å². The van der Waals surface area contributed by atoms with Gasteiger partial charge in [-0.05, 0) is 36.8 Å². The van der Waals surface area contributed by atoms with E-state index in [1.807, 2.05) is 0 Å². The van der Waals surface area contributed by atoms with Crippen LogP contribution in [-0.4, -0.2) is 30.8 Å². The molecule has 2 rings (SSSR count). The molecule has 1 aromatic heterocycles. The van der Waals surface area contributed by atoms with Gasteiger partial charge in [-0.1, -0.05) is 25.4 Å². The Balaban J connectivity index is 2.14. The third kappa shape index (κ3) is 3.27. The Morgan fingerprint density at radius 2 is 2.00 bits per heavy atom. The molecule has 1 aliphatic rings. The van der Waals surface area contributed by atoms with Crippen molar-refractivity contribution in [2.45, 2.75) is 31.6 Å². The molecular weight excluding hydrogens is 284 g/mol. The first-order valence-electron chi connectivity index (χ1n) is 6.53. The molecule has 0 spiro atoms. The van der Waals surface area contributed by atoms with Crippen molar-refractivity contribution in [3.8, 4) is 0 Å². The molecule has 0 aliphatic carbocycles. The van der Waals surface area contributed by atoms with Crippen LogP contribution in [0.15, 0.2) is 23.2 Å². The fourth-order valence-electron chi connectivity index (χ4n) is 2.48. The van der Waals surface area contributed by atoms with Crippen molar-refractivity contribution < 1.29 is 8.42 Å². The van der Waals surface area contributed by atoms with Gasteiger partial charge in [0.05, 0.1) is 4.90 Å². The van der Waals surface area contributed by atoms with E-state index in [9.17, 15) is 8.42 Å². The van der Waals surface area contributed by atoms with E-state index in [0.717, 1.165) is 12.8 Å². The van der Waals surface area contributed by atoms with Crippen molar-refractivity contribution in [2.24, 2.45) is 11.8 Å². The van der Waals surface area contributed by atoms with Gasteiger partial charge in [0.2, 0.25) is 10.0 Å². The monoisotopic (exact) mass is 302 g/mol. The number of nitrogens with zero attached hydrogens (tertiary/aromatic N) is 2. The van der Waals surface area contributed by atoms with E-state index < -0.39 is 10.0 Å². The van der Waals surface area contributed by atoms with E-state index in [4.69, 9.17) is 11.6 Å². The van der Waals surface area contributed by atoms with Crippen molar-refractivity contribution in [3.05, 3.63) is 23.5 Å². The molecule has 1 saturated heterocycles. The molecule has 6 heteroatoms. The van der Waals surface area contributed by atoms with Crippen molar-refractivity contribution in [2.75, 3.05) is 13.1 Å². The van der Waals surface area contributed by atoms with E-state index in [-0.39, 0.29) is 10.0 Å². The molecule has 0 atom stereocenters. The van der Waals surface area contributed by atoms with Crippen LogP contribution in [0.3, 0.4) is 0 Å². The van der Waals surface area contributed by atoms with Crippen LogP contribution in [-0.2, 0) is 10.0 Å². The average Bonchev–Trinajstić information content (AvgIpc) is 2.39. The van der Waals surface area contributed by atoms with Crippen molar-refractivity contribution in [3.63, 3.8) is 0 Å². The highest BCUT2D eigenvalue weighted by Crippen LogP contribution is 2.28. The molecule has 19 heavy (non-hydrogen) atoms. The minimum atomic E-state index is -3.42. The van der Waals surface area contributed by atoms with Gasteiger partial charge in [0.1, 0.15) is 5.15 Å². The smallest absolute Gasteiger partial charge is 0.243 e. The Kier molecular flexibility index (Phi) is 4.48. The Labute approximate surface area is 119 Å². The largest absolute Gasteiger partial charge is 0.244 e. The third-order valence-corrected chi connectivity index (χ3v) is 5.88. The molecule has 0 amide bonds. The normalized spacial score (nSPS) is 18.9. The summed E-state index contributed by atoms with van der Waals surface area (Å²) < 4.78 is 26.5. The zero-order chi connectivity index (χ0) is 14.0. The molecule has 2 heterocycles. The van der Waals surface area contributed by atoms with Gasteiger partial charge in [-0.25, -0.2) is 13.4 Å². The van der Waals surface area contributed by atoms with Crippen LogP contribution in [0.5, 0.6) is 0 Å². The first-order chi connectivity index (χ1) is 8.91. The van der Waals surface area contributed by atoms with E-state index >= 15 is 0 Å². The fraction of sp³-hybridized carbons (Fsp3) is 0.615. The van der Waals surface area contributed by atoms with Crippen LogP contribution in [0.25, 0.3) is 0 Å². The van der Waals surface area contributed by atoms with Crippen LogP contribution in [0, 0.1) is 11.8 Å². The van der Waals surface area contributed by atoms with Crippen LogP contribution in [0.1, 0.15) is 26.7 Å². The molecule has 1 aliphatic heterocycles. The van der Waals surface area contributed by atoms with Gasteiger partial charge in [-0.2, -0.15) is 4.31 Å². The zero-order valence-electron chi connectivity index (χ0n) is 11.2. The third-order valence-electron chi connectivity index (χ3n) is 3.78. The molecule has 4 nitrogen and oxygen atoms in total. The van der Waals surface area contributed by atoms with E-state index in [1.165, 1.54) is 18.3 Å². The van der Waals surface area contributed by atoms with Crippen LogP contribution >= 0.6 is 11.6 Å². The molecule has 0 unspecified atom stereocenters. The van der Waals surface area contributed by atoms with Gasteiger partial charge in [-0.3, -0.25) is 0 Å². The number of hydrogen-bond acceptors (Lipinski definition) is 3. The van der Waals surface area contributed by atoms with Crippen LogP contribution in [0.4, 0.5) is 0 Å². The van der Waals surface area contributed by atoms with Gasteiger partial charge in [0, 0.05) is 19.3 Å². The summed E-state index contributed by atoms with van der Waals surface area (Å²) in [5, 5.41) is 0.207. The van der Waals surface area contributed by atoms with Gasteiger partial charge in [-0.15, -0.1) is 0 Å². The summed E-state index contributed by atoms with van der Waals surface area (Å²) in [6.07, 6.45) is 3.28. The number of pyridine rings is 1. The molecule has 0 bridgehead atoms. The first-order valence-corrected chi connectivity index (χ1v) is 8.35. The predicted molar refractivity (Wildman–Crippen MR) is 75.6 cm³/mol. The molecule has 0 aromatic carbocycles. The second-order valence-electron chi connectivity index (χ2n) is 5.30. The van der Waals surface area contributed by atoms with Crippen molar-refractivity contribution in [1.29, 1.82) is 0 Å². The Hall–Kier alpha value is -0.650. The number of rotatable bonds is 3. The first kappa shape index (κ1) is 14.8. The van der Waals surface area contributed by atoms with E-state index in [0.29, 0.717) is 24.9 Å². The second-order valence-corrected chi connectivity index (χ2v) is 7.62. The molecule has 0 radical (unpaired) electrons. The quantitative estimate of drug-likeness (QED) is 0.807. The molecule has 1 fully saturated rings. The predicted octanol–water partition coefficient (Wildman–Crippen LogP) is 2.79. The molecule has 0 saturated carbocycles. The maximum absolute atomic E-state index is 12.5. The lowest BCUT2D eigenvalue weighted by atomic mass is 9.87. The summed E-state index contributed by atoms with van der Waals surface area (Å²) in [6, 6.07) is 2.90. The van der Waals surface area contributed by atoms with Crippen LogP contribution in [0.2, 0.25) is 5.15 Å². The Bertz CT molecular complexity index is 537. The fourth-order valence-corrected chi connectivity index (χ4v) is 4.20. The highest BCUT2D eigenvalue weighted by Gasteiger charge is 2.30. The van der Waals surface area contributed by atoms with Crippen molar-refractivity contribution >= 4 is 21.6 Å². The van der Waals surface area contributed by atoms with Gasteiger partial charge >= 0.3 is 0 Å². The molecule has 1 aromatic rings. The standard InChI is InChI=1S/C13H19ClN2O2S/c1-10(2)11-4-7-16(8-5-11)19(17,18)12-3-6-15-13(14)9-12/h3,6,9-11H,4-5,7-8H2,1-2H3. The van der Waals surface area contributed by atoms with Gasteiger partial charge in [0.15, 0.2) is 0 Å². The highest BCUT2D eigenvalue weighted by molar-refractivity contribution is 7.89. The molecule has 0 N–H and O–H groups in total. The number of piperidine rings is 1. The summed E-state index contributed by atoms with van der Waals surface area (Å²) in [5.74, 6) is 1.23. The number of aromatic nitrogens is 1. The Morgan fingerprint density at radius 1 is 1.37 bits per heavy atom. The number of hydrogen-bond donors (Lipinski definition) is 0. The SMILES string of the molecule is CC(C)C1CCN(S(=O)(=O)c2ccnc(Cl)c2)CC1. The number of sulfonamides is 1. The van der Waals surface area contributed by atoms with Gasteiger partial charge < -0.3 is 0 Å². The lowest BCUT2D eigenvalue weighted by Gasteiger charge is -2.33. The summed E-state index contributed by atoms with van der Waals surface area (Å²) in [5.41, 5.74) is 0. The maximum atomic E-state index is 12.5. The topological polar surface area (TPSA) is 50.3 Å². The molecule has 106 valence electrons. The summed E-state index contributed by atoms with van der Waals surface area (Å²) in [4.78, 5) is 4.05. The molecular formula is C13H19ClN2O2S. The van der Waals surface area contributed by atoms with Gasteiger partial charge in [0.25, 0.3) is 0 Å². The minimum absolute atomic E-state index is 0.207. The zero-order valence-corrected chi connectivity index (χ0v) is 12.8. The summed E-state index contributed by atoms with van der Waals surface area (Å²) in [6.45, 7) is 5.56. The minimum Gasteiger partial charge on any atom is -0.244 e. The highest BCUT2D eigenvalue weighted by atomic mass is 35.5. The van der Waals surface area contributed by atoms with E-state index in [2.05, 4.69) is 18.8 Å². The van der Waals surface area contributed by atoms with Crippen LogP contribution < -0.4 is 0 Å². The average molecular weight is 303 g/mol. The summed E-state index contributed by atoms with van der Waals surface area (Å²) >= 11 is 5.76. The maximum Gasteiger partial charge on any atom is 0.243 e. The Morgan fingerprint density at radius 3 is 2.53 bits per heavy atom. The lowest BCUT2D eigenvalue weighted by Crippen LogP contribution is -2.39. The second kappa shape index (κ2) is 5.77. The lowest BCUT2D eigenvalue weighted by molar-refractivity contribution is 0.226. The summed E-state index contributed by atoms with van der Waals surface area (Å²) in [7, 11) is -3.42. The van der Waals surface area contributed by atoms with Crippen molar-refractivity contribution in [1.82, 2.24) is 9.29 Å². The number of halogens is 1.